The van der Waals surface area contributed by atoms with Crippen LogP contribution in [0.2, 0.25) is 0 Å². The molecule has 1 aliphatic carbocycles. The summed E-state index contributed by atoms with van der Waals surface area (Å²) in [7, 11) is 2.12. The van der Waals surface area contributed by atoms with Crippen molar-refractivity contribution in [3.63, 3.8) is 0 Å². The number of rotatable bonds is 10. The van der Waals surface area contributed by atoms with Gasteiger partial charge in [0, 0.05) is 68.6 Å². The van der Waals surface area contributed by atoms with Gasteiger partial charge in [0.25, 0.3) is 0 Å². The van der Waals surface area contributed by atoms with Gasteiger partial charge in [-0.3, -0.25) is 19.5 Å². The minimum atomic E-state index is -1.27. The highest BCUT2D eigenvalue weighted by Crippen LogP contribution is 2.47. The van der Waals surface area contributed by atoms with Crippen molar-refractivity contribution in [2.24, 2.45) is 5.41 Å². The molecule has 0 atom stereocenters. The van der Waals surface area contributed by atoms with Gasteiger partial charge in [-0.15, -0.1) is 0 Å². The lowest BCUT2D eigenvalue weighted by atomic mass is 10.0. The number of nitrogens with one attached hydrogen (secondary N) is 2. The van der Waals surface area contributed by atoms with Crippen molar-refractivity contribution in [2.75, 3.05) is 57.0 Å². The summed E-state index contributed by atoms with van der Waals surface area (Å²) < 4.78 is 40.0. The van der Waals surface area contributed by atoms with Crippen LogP contribution in [0.5, 0.6) is 17.4 Å². The van der Waals surface area contributed by atoms with E-state index in [0.717, 1.165) is 38.8 Å². The predicted molar refractivity (Wildman–Crippen MR) is 161 cm³/mol. The summed E-state index contributed by atoms with van der Waals surface area (Å²) in [6, 6.07) is 12.6. The average molecular weight is 603 g/mol. The van der Waals surface area contributed by atoms with Crippen molar-refractivity contribution < 1.29 is 27.8 Å². The van der Waals surface area contributed by atoms with Crippen LogP contribution in [0.4, 0.5) is 20.2 Å². The van der Waals surface area contributed by atoms with Gasteiger partial charge in [-0.2, -0.15) is 0 Å². The van der Waals surface area contributed by atoms with Gasteiger partial charge in [-0.1, -0.05) is 0 Å². The lowest BCUT2D eigenvalue weighted by Gasteiger charge is -2.32. The molecule has 0 spiro atoms. The van der Waals surface area contributed by atoms with Crippen LogP contribution >= 0.6 is 0 Å². The van der Waals surface area contributed by atoms with Crippen LogP contribution in [0.25, 0.3) is 10.9 Å². The van der Waals surface area contributed by atoms with Crippen LogP contribution in [0.1, 0.15) is 12.8 Å². The Morgan fingerprint density at radius 2 is 1.59 bits per heavy atom. The Labute approximate surface area is 253 Å². The van der Waals surface area contributed by atoms with Crippen molar-refractivity contribution in [3.8, 4) is 17.4 Å². The van der Waals surface area contributed by atoms with Crippen LogP contribution in [0.3, 0.4) is 0 Å². The summed E-state index contributed by atoms with van der Waals surface area (Å²) >= 11 is 0. The van der Waals surface area contributed by atoms with Crippen LogP contribution < -0.4 is 20.1 Å². The number of amides is 2. The Morgan fingerprint density at radius 3 is 2.30 bits per heavy atom. The van der Waals surface area contributed by atoms with Gasteiger partial charge in [-0.05, 0) is 62.4 Å². The Bertz CT molecular complexity index is 1670. The number of aromatic nitrogens is 2. The standard InChI is InChI=1S/C32H32F2N6O4/c1-39-12-14-40(15-13-39)16-17-43-29-19-26-24(20-36-29)27(8-11-35-26)44-28-7-6-23(18-25(28)34)38-31(42)32(9-10-32)30(41)37-22-4-2-21(33)3-5-22/h2-8,11,18-20H,9-10,12-17H2,1H3,(H,37,41)(H,38,42). The SMILES string of the molecule is CN1CCN(CCOc2cc3nccc(Oc4ccc(NC(=O)C5(C(=O)Nc6ccc(F)cc6)CC5)cc4F)c3cn2)CC1. The van der Waals surface area contributed by atoms with Gasteiger partial charge in [0.2, 0.25) is 17.7 Å². The Kier molecular flexibility index (Phi) is 8.36. The molecule has 228 valence electrons. The van der Waals surface area contributed by atoms with E-state index in [1.54, 1.807) is 24.5 Å². The van der Waals surface area contributed by atoms with E-state index in [2.05, 4.69) is 37.4 Å². The molecular formula is C32H32F2N6O4. The van der Waals surface area contributed by atoms with E-state index >= 15 is 4.39 Å². The second-order valence-electron chi connectivity index (χ2n) is 11.1. The summed E-state index contributed by atoms with van der Waals surface area (Å²) in [5, 5.41) is 5.86. The monoisotopic (exact) mass is 602 g/mol. The maximum atomic E-state index is 15.1. The zero-order chi connectivity index (χ0) is 30.7. The van der Waals surface area contributed by atoms with Crippen LogP contribution in [0, 0.1) is 17.0 Å². The number of carbonyl (C=O) groups excluding carboxylic acids is 2. The first-order chi connectivity index (χ1) is 21.3. The molecule has 1 saturated carbocycles. The van der Waals surface area contributed by atoms with E-state index in [0.29, 0.717) is 47.7 Å². The molecule has 2 aliphatic rings. The third-order valence-corrected chi connectivity index (χ3v) is 7.95. The van der Waals surface area contributed by atoms with Gasteiger partial charge in [-0.25, -0.2) is 13.8 Å². The number of hydrogen-bond donors (Lipinski definition) is 2. The number of fused-ring (bicyclic) bond motifs is 1. The zero-order valence-corrected chi connectivity index (χ0v) is 24.2. The van der Waals surface area contributed by atoms with E-state index in [9.17, 15) is 14.0 Å². The summed E-state index contributed by atoms with van der Waals surface area (Å²) in [6.45, 7) is 5.41. The first-order valence-electron chi connectivity index (χ1n) is 14.4. The Hall–Kier alpha value is -4.68. The molecular weight excluding hydrogens is 570 g/mol. The first-order valence-corrected chi connectivity index (χ1v) is 14.4. The molecule has 10 nitrogen and oxygen atoms in total. The number of anilines is 2. The molecule has 6 rings (SSSR count). The number of pyridine rings is 2. The molecule has 2 fully saturated rings. The molecule has 2 amide bonds. The first kappa shape index (κ1) is 29.4. The van der Waals surface area contributed by atoms with E-state index in [-0.39, 0.29) is 11.4 Å². The largest absolute Gasteiger partial charge is 0.476 e. The highest BCUT2D eigenvalue weighted by atomic mass is 19.1. The number of nitrogens with zero attached hydrogens (tertiary/aromatic N) is 4. The molecule has 0 bridgehead atoms. The van der Waals surface area contributed by atoms with Crippen molar-refractivity contribution >= 4 is 34.1 Å². The van der Waals surface area contributed by atoms with Crippen LogP contribution in [0.15, 0.2) is 67.0 Å². The summed E-state index contributed by atoms with van der Waals surface area (Å²) in [4.78, 5) is 39.2. The molecule has 1 aliphatic heterocycles. The fraction of sp³-hybridized carbons (Fsp3) is 0.312. The minimum Gasteiger partial charge on any atom is -0.476 e. The predicted octanol–water partition coefficient (Wildman–Crippen LogP) is 4.68. The molecule has 1 saturated heterocycles. The Morgan fingerprint density at radius 1 is 0.886 bits per heavy atom. The lowest BCUT2D eigenvalue weighted by molar-refractivity contribution is -0.131. The maximum absolute atomic E-state index is 15.1. The van der Waals surface area contributed by atoms with Gasteiger partial charge in [0.15, 0.2) is 11.6 Å². The van der Waals surface area contributed by atoms with E-state index < -0.39 is 28.9 Å². The second kappa shape index (κ2) is 12.5. The topological polar surface area (TPSA) is 109 Å². The fourth-order valence-electron chi connectivity index (χ4n) is 5.01. The lowest BCUT2D eigenvalue weighted by Crippen LogP contribution is -2.45. The molecule has 3 heterocycles. The molecule has 0 radical (unpaired) electrons. The minimum absolute atomic E-state index is 0.0572. The number of hydrogen-bond acceptors (Lipinski definition) is 8. The van der Waals surface area contributed by atoms with Crippen molar-refractivity contribution in [1.29, 1.82) is 0 Å². The quantitative estimate of drug-likeness (QED) is 0.252. The third-order valence-electron chi connectivity index (χ3n) is 7.95. The third kappa shape index (κ3) is 6.61. The van der Waals surface area contributed by atoms with E-state index in [1.807, 2.05) is 0 Å². The molecule has 2 N–H and O–H groups in total. The van der Waals surface area contributed by atoms with E-state index in [4.69, 9.17) is 9.47 Å². The summed E-state index contributed by atoms with van der Waals surface area (Å²) in [5.74, 6) is -1.43. The number of ether oxygens (including phenoxy) is 2. The Balaban J connectivity index is 1.07. The maximum Gasteiger partial charge on any atom is 0.240 e. The van der Waals surface area contributed by atoms with Crippen LogP contribution in [-0.2, 0) is 9.59 Å². The fourth-order valence-corrected chi connectivity index (χ4v) is 5.01. The van der Waals surface area contributed by atoms with E-state index in [1.165, 1.54) is 36.4 Å². The number of likely N-dealkylation sites (N-methyl/N-ethyl adjacent to an activating group) is 1. The van der Waals surface area contributed by atoms with Gasteiger partial charge < -0.3 is 25.0 Å². The summed E-state index contributed by atoms with van der Waals surface area (Å²) in [5.41, 5.74) is -0.118. The smallest absolute Gasteiger partial charge is 0.240 e. The summed E-state index contributed by atoms with van der Waals surface area (Å²) in [6.07, 6.45) is 3.84. The van der Waals surface area contributed by atoms with Crippen molar-refractivity contribution in [2.45, 2.75) is 12.8 Å². The normalized spacial score (nSPS) is 16.3. The molecule has 4 aromatic rings. The number of carbonyl (C=O) groups is 2. The van der Waals surface area contributed by atoms with Crippen molar-refractivity contribution in [3.05, 3.63) is 78.6 Å². The average Bonchev–Trinajstić information content (AvgIpc) is 3.83. The second-order valence-corrected chi connectivity index (χ2v) is 11.1. The molecule has 0 unspecified atom stereocenters. The highest BCUT2D eigenvalue weighted by molar-refractivity contribution is 6.16. The van der Waals surface area contributed by atoms with Gasteiger partial charge in [0.1, 0.15) is 23.6 Å². The zero-order valence-electron chi connectivity index (χ0n) is 24.2. The molecule has 2 aromatic heterocycles. The number of benzene rings is 2. The van der Waals surface area contributed by atoms with Crippen molar-refractivity contribution in [1.82, 2.24) is 19.8 Å². The molecule has 12 heteroatoms. The molecule has 44 heavy (non-hydrogen) atoms. The number of halogens is 2. The van der Waals surface area contributed by atoms with Crippen LogP contribution in [-0.4, -0.2) is 78.0 Å². The number of piperazine rings is 1. The van der Waals surface area contributed by atoms with Gasteiger partial charge >= 0.3 is 0 Å². The molecule has 2 aromatic carbocycles. The highest BCUT2D eigenvalue weighted by Gasteiger charge is 2.56. The van der Waals surface area contributed by atoms with Gasteiger partial charge in [0.05, 0.1) is 10.9 Å².